The Balaban J connectivity index is 3.20. The number of hydrogen-bond donors (Lipinski definition) is 1. The van der Waals surface area contributed by atoms with Gasteiger partial charge < -0.3 is 10.5 Å². The second-order valence-corrected chi connectivity index (χ2v) is 4.81. The lowest BCUT2D eigenvalue weighted by atomic mass is 9.84. The van der Waals surface area contributed by atoms with E-state index in [1.54, 1.807) is 7.11 Å². The van der Waals surface area contributed by atoms with Gasteiger partial charge in [-0.1, -0.05) is 30.7 Å². The number of hydrogen-bond acceptors (Lipinski definition) is 2. The zero-order valence-corrected chi connectivity index (χ0v) is 10.4. The van der Waals surface area contributed by atoms with Crippen LogP contribution < -0.4 is 10.5 Å². The van der Waals surface area contributed by atoms with Gasteiger partial charge in [-0.25, -0.2) is 0 Å². The molecule has 0 spiro atoms. The summed E-state index contributed by atoms with van der Waals surface area (Å²) in [4.78, 5) is 0. The van der Waals surface area contributed by atoms with Crippen LogP contribution in [0.5, 0.6) is 5.75 Å². The van der Waals surface area contributed by atoms with Crippen LogP contribution in [-0.4, -0.2) is 12.6 Å². The van der Waals surface area contributed by atoms with E-state index >= 15 is 0 Å². The Hall–Kier alpha value is -0.730. The number of nitrogens with two attached hydrogens (primary N) is 1. The molecule has 1 rings (SSSR count). The SMILES string of the molecule is COc1c(Cl)cccc1C(C)C(C)(C)N. The minimum absolute atomic E-state index is 0.186. The minimum Gasteiger partial charge on any atom is -0.495 e. The maximum absolute atomic E-state index is 6.09. The molecule has 0 aromatic heterocycles. The fourth-order valence-electron chi connectivity index (χ4n) is 1.48. The van der Waals surface area contributed by atoms with E-state index in [-0.39, 0.29) is 11.5 Å². The van der Waals surface area contributed by atoms with Gasteiger partial charge in [0, 0.05) is 17.0 Å². The third kappa shape index (κ3) is 2.64. The van der Waals surface area contributed by atoms with E-state index < -0.39 is 0 Å². The molecule has 0 bridgehead atoms. The molecule has 3 heteroatoms. The van der Waals surface area contributed by atoms with Crippen molar-refractivity contribution in [3.63, 3.8) is 0 Å². The molecule has 0 amide bonds. The second kappa shape index (κ2) is 4.42. The third-order valence-corrected chi connectivity index (χ3v) is 3.08. The monoisotopic (exact) mass is 227 g/mol. The molecule has 1 aromatic rings. The number of rotatable bonds is 3. The van der Waals surface area contributed by atoms with Crippen LogP contribution in [0.2, 0.25) is 5.02 Å². The number of ether oxygens (including phenoxy) is 1. The van der Waals surface area contributed by atoms with Crippen LogP contribution in [0.1, 0.15) is 32.3 Å². The van der Waals surface area contributed by atoms with Crippen molar-refractivity contribution in [3.05, 3.63) is 28.8 Å². The van der Waals surface area contributed by atoms with Crippen molar-refractivity contribution in [2.75, 3.05) is 7.11 Å². The molecule has 84 valence electrons. The molecule has 0 fully saturated rings. The van der Waals surface area contributed by atoms with E-state index in [0.717, 1.165) is 11.3 Å². The summed E-state index contributed by atoms with van der Waals surface area (Å²) in [7, 11) is 1.63. The summed E-state index contributed by atoms with van der Waals surface area (Å²) in [6.45, 7) is 6.07. The molecule has 1 atom stereocenters. The van der Waals surface area contributed by atoms with E-state index in [9.17, 15) is 0 Å². The predicted molar refractivity (Wildman–Crippen MR) is 64.7 cm³/mol. The fourth-order valence-corrected chi connectivity index (χ4v) is 1.74. The Morgan fingerprint density at radius 3 is 2.47 bits per heavy atom. The topological polar surface area (TPSA) is 35.2 Å². The zero-order chi connectivity index (χ0) is 11.6. The van der Waals surface area contributed by atoms with E-state index in [0.29, 0.717) is 5.02 Å². The quantitative estimate of drug-likeness (QED) is 0.861. The summed E-state index contributed by atoms with van der Waals surface area (Å²) in [5.74, 6) is 0.913. The van der Waals surface area contributed by atoms with Crippen LogP contribution in [0.4, 0.5) is 0 Å². The lowest BCUT2D eigenvalue weighted by Gasteiger charge is -2.29. The maximum Gasteiger partial charge on any atom is 0.140 e. The Labute approximate surface area is 96.4 Å². The molecule has 1 unspecified atom stereocenters. The predicted octanol–water partition coefficient (Wildman–Crippen LogP) is 3.19. The summed E-state index contributed by atoms with van der Waals surface area (Å²) >= 11 is 6.06. The van der Waals surface area contributed by atoms with Crippen LogP contribution >= 0.6 is 11.6 Å². The second-order valence-electron chi connectivity index (χ2n) is 4.41. The third-order valence-electron chi connectivity index (χ3n) is 2.78. The standard InChI is InChI=1S/C12H18ClNO/c1-8(12(2,3)14)9-6-5-7-10(13)11(9)15-4/h5-8H,14H2,1-4H3. The first kappa shape index (κ1) is 12.3. The van der Waals surface area contributed by atoms with Crippen LogP contribution in [0, 0.1) is 0 Å². The van der Waals surface area contributed by atoms with Gasteiger partial charge in [0.2, 0.25) is 0 Å². The van der Waals surface area contributed by atoms with Crippen molar-refractivity contribution < 1.29 is 4.74 Å². The van der Waals surface area contributed by atoms with Crippen LogP contribution in [0.3, 0.4) is 0 Å². The van der Waals surface area contributed by atoms with Crippen molar-refractivity contribution in [2.45, 2.75) is 32.2 Å². The first-order valence-corrected chi connectivity index (χ1v) is 5.37. The molecule has 2 nitrogen and oxygen atoms in total. The number of benzene rings is 1. The van der Waals surface area contributed by atoms with Gasteiger partial charge in [-0.2, -0.15) is 0 Å². The highest BCUT2D eigenvalue weighted by Crippen LogP contribution is 2.36. The summed E-state index contributed by atoms with van der Waals surface area (Å²) in [5, 5.41) is 0.631. The van der Waals surface area contributed by atoms with Crippen molar-refractivity contribution in [1.82, 2.24) is 0 Å². The number of halogens is 1. The summed E-state index contributed by atoms with van der Waals surface area (Å²) in [6.07, 6.45) is 0. The van der Waals surface area contributed by atoms with E-state index in [2.05, 4.69) is 6.92 Å². The van der Waals surface area contributed by atoms with Gasteiger partial charge in [0.05, 0.1) is 12.1 Å². The van der Waals surface area contributed by atoms with E-state index in [1.165, 1.54) is 0 Å². The first-order chi connectivity index (χ1) is 6.88. The molecule has 0 heterocycles. The normalized spacial score (nSPS) is 13.7. The highest BCUT2D eigenvalue weighted by atomic mass is 35.5. The smallest absolute Gasteiger partial charge is 0.140 e. The molecule has 0 saturated heterocycles. The first-order valence-electron chi connectivity index (χ1n) is 4.99. The van der Waals surface area contributed by atoms with Gasteiger partial charge in [-0.3, -0.25) is 0 Å². The molecule has 0 saturated carbocycles. The fraction of sp³-hybridized carbons (Fsp3) is 0.500. The lowest BCUT2D eigenvalue weighted by molar-refractivity contribution is 0.383. The van der Waals surface area contributed by atoms with Crippen molar-refractivity contribution in [1.29, 1.82) is 0 Å². The lowest BCUT2D eigenvalue weighted by Crippen LogP contribution is -2.38. The summed E-state index contributed by atoms with van der Waals surface area (Å²) < 4.78 is 5.30. The molecular weight excluding hydrogens is 210 g/mol. The zero-order valence-electron chi connectivity index (χ0n) is 9.67. The minimum atomic E-state index is -0.294. The molecule has 15 heavy (non-hydrogen) atoms. The highest BCUT2D eigenvalue weighted by Gasteiger charge is 2.25. The molecule has 0 radical (unpaired) electrons. The molecular formula is C12H18ClNO. The largest absolute Gasteiger partial charge is 0.495 e. The van der Waals surface area contributed by atoms with E-state index in [1.807, 2.05) is 32.0 Å². The van der Waals surface area contributed by atoms with Gasteiger partial charge in [-0.05, 0) is 19.9 Å². The number of para-hydroxylation sites is 1. The van der Waals surface area contributed by atoms with Gasteiger partial charge in [0.1, 0.15) is 5.75 Å². The van der Waals surface area contributed by atoms with Gasteiger partial charge in [0.15, 0.2) is 0 Å². The average Bonchev–Trinajstić information content (AvgIpc) is 2.14. The Bertz CT molecular complexity index is 344. The van der Waals surface area contributed by atoms with Crippen LogP contribution in [-0.2, 0) is 0 Å². The maximum atomic E-state index is 6.09. The summed E-state index contributed by atoms with van der Waals surface area (Å²) in [5.41, 5.74) is 6.85. The molecule has 2 N–H and O–H groups in total. The summed E-state index contributed by atoms with van der Waals surface area (Å²) in [6, 6.07) is 5.74. The van der Waals surface area contributed by atoms with Crippen LogP contribution in [0.25, 0.3) is 0 Å². The average molecular weight is 228 g/mol. The highest BCUT2D eigenvalue weighted by molar-refractivity contribution is 6.32. The number of methoxy groups -OCH3 is 1. The molecule has 0 aliphatic heterocycles. The molecule has 1 aromatic carbocycles. The van der Waals surface area contributed by atoms with Gasteiger partial charge in [0.25, 0.3) is 0 Å². The Morgan fingerprint density at radius 2 is 2.00 bits per heavy atom. The van der Waals surface area contributed by atoms with Gasteiger partial charge >= 0.3 is 0 Å². The van der Waals surface area contributed by atoms with Crippen molar-refractivity contribution >= 4 is 11.6 Å². The Kier molecular flexibility index (Phi) is 3.63. The van der Waals surface area contributed by atoms with Crippen molar-refractivity contribution in [2.24, 2.45) is 5.73 Å². The van der Waals surface area contributed by atoms with Gasteiger partial charge in [-0.15, -0.1) is 0 Å². The Morgan fingerprint density at radius 1 is 1.40 bits per heavy atom. The van der Waals surface area contributed by atoms with Crippen molar-refractivity contribution in [3.8, 4) is 5.75 Å². The molecule has 0 aliphatic rings. The van der Waals surface area contributed by atoms with Crippen LogP contribution in [0.15, 0.2) is 18.2 Å². The van der Waals surface area contributed by atoms with E-state index in [4.69, 9.17) is 22.1 Å². The molecule has 0 aliphatic carbocycles.